The van der Waals surface area contributed by atoms with E-state index in [1.807, 2.05) is 24.3 Å². The maximum atomic E-state index is 10.9. The first-order valence-corrected chi connectivity index (χ1v) is 14.0. The van der Waals surface area contributed by atoms with Crippen molar-refractivity contribution in [2.45, 2.75) is 89.8 Å². The smallest absolute Gasteiger partial charge is 0.303 e. The van der Waals surface area contributed by atoms with Crippen LogP contribution in [0.4, 0.5) is 5.69 Å². The Morgan fingerprint density at radius 1 is 0.821 bits per heavy atom. The van der Waals surface area contributed by atoms with E-state index in [9.17, 15) is 9.59 Å². The Balaban J connectivity index is 1.49. The zero-order valence-corrected chi connectivity index (χ0v) is 22.5. The van der Waals surface area contributed by atoms with Crippen LogP contribution in [0.3, 0.4) is 0 Å². The lowest BCUT2D eigenvalue weighted by Gasteiger charge is -2.38. The summed E-state index contributed by atoms with van der Waals surface area (Å²) in [7, 11) is 0. The molecule has 1 fully saturated rings. The summed E-state index contributed by atoms with van der Waals surface area (Å²) in [5.41, 5.74) is 0.982. The van der Waals surface area contributed by atoms with E-state index in [-0.39, 0.29) is 24.9 Å². The van der Waals surface area contributed by atoms with Crippen LogP contribution in [0, 0.1) is 5.92 Å². The molecule has 0 amide bonds. The van der Waals surface area contributed by atoms with Gasteiger partial charge in [-0.3, -0.25) is 9.59 Å². The largest absolute Gasteiger partial charge is 0.481 e. The summed E-state index contributed by atoms with van der Waals surface area (Å²) in [6.07, 6.45) is 5.03. The molecule has 3 aromatic carbocycles. The van der Waals surface area contributed by atoms with E-state index >= 15 is 0 Å². The first kappa shape index (κ1) is 28.8. The average molecular weight is 538 g/mol. The molecule has 1 aliphatic heterocycles. The Bertz CT molecular complexity index is 1190. The number of carbonyl (C=O) groups is 2. The summed E-state index contributed by atoms with van der Waals surface area (Å²) >= 11 is 0. The molecule has 4 unspecified atom stereocenters. The highest BCUT2D eigenvalue weighted by atomic mass is 17.2. The minimum atomic E-state index is -0.780. The average Bonchev–Trinajstić information content (AvgIpc) is 2.92. The lowest BCUT2D eigenvalue weighted by Crippen LogP contribution is -2.48. The van der Waals surface area contributed by atoms with E-state index in [0.29, 0.717) is 19.3 Å². The van der Waals surface area contributed by atoms with Crippen molar-refractivity contribution in [2.75, 3.05) is 5.32 Å². The quantitative estimate of drug-likeness (QED) is 0.107. The van der Waals surface area contributed by atoms with Gasteiger partial charge in [-0.2, -0.15) is 0 Å². The van der Waals surface area contributed by atoms with Crippen LogP contribution >= 0.6 is 0 Å². The fourth-order valence-electron chi connectivity index (χ4n) is 5.15. The van der Waals surface area contributed by atoms with Gasteiger partial charge in [0.15, 0.2) is 12.5 Å². The van der Waals surface area contributed by atoms with E-state index in [0.717, 1.165) is 59.3 Å². The molecule has 0 aromatic heterocycles. The van der Waals surface area contributed by atoms with Crippen molar-refractivity contribution < 1.29 is 34.3 Å². The van der Waals surface area contributed by atoms with E-state index < -0.39 is 24.5 Å². The number of aliphatic carboxylic acids is 2. The maximum absolute atomic E-state index is 10.9. The van der Waals surface area contributed by atoms with Crippen LogP contribution in [0.25, 0.3) is 21.5 Å². The zero-order chi connectivity index (χ0) is 27.6. The highest BCUT2D eigenvalue weighted by molar-refractivity contribution is 6.11. The molecular weight excluding hydrogens is 498 g/mol. The summed E-state index contributed by atoms with van der Waals surface area (Å²) < 4.78 is 6.51. The van der Waals surface area contributed by atoms with Crippen LogP contribution in [0.15, 0.2) is 54.6 Å². The SMILES string of the molecule is CC(CCCCCC(=O)O)C1OOC(CCCCCC(=O)O)C(Nc2c3ccccc3cc3ccccc23)O1. The summed E-state index contributed by atoms with van der Waals surface area (Å²) in [5.74, 6) is -1.49. The third-order valence-corrected chi connectivity index (χ3v) is 7.34. The normalized spacial score (nSPS) is 20.2. The van der Waals surface area contributed by atoms with Crippen molar-refractivity contribution >= 4 is 39.2 Å². The van der Waals surface area contributed by atoms with Crippen LogP contribution in [0.1, 0.15) is 71.1 Å². The molecular formula is C31H39NO7. The number of hydrogen-bond acceptors (Lipinski definition) is 6. The van der Waals surface area contributed by atoms with Crippen molar-refractivity contribution in [1.82, 2.24) is 0 Å². The second-order valence-corrected chi connectivity index (χ2v) is 10.5. The van der Waals surface area contributed by atoms with Gasteiger partial charge in [-0.15, -0.1) is 0 Å². The van der Waals surface area contributed by atoms with Crippen molar-refractivity contribution in [2.24, 2.45) is 5.92 Å². The summed E-state index contributed by atoms with van der Waals surface area (Å²) in [4.78, 5) is 33.3. The van der Waals surface area contributed by atoms with Gasteiger partial charge in [-0.1, -0.05) is 81.1 Å². The molecule has 0 bridgehead atoms. The molecule has 3 aromatic rings. The Labute approximate surface area is 229 Å². The number of fused-ring (bicyclic) bond motifs is 2. The van der Waals surface area contributed by atoms with Gasteiger partial charge in [0.1, 0.15) is 6.10 Å². The fourth-order valence-corrected chi connectivity index (χ4v) is 5.15. The lowest BCUT2D eigenvalue weighted by molar-refractivity contribution is -0.464. The molecule has 0 spiro atoms. The molecule has 39 heavy (non-hydrogen) atoms. The highest BCUT2D eigenvalue weighted by Gasteiger charge is 2.36. The van der Waals surface area contributed by atoms with Gasteiger partial charge in [0.2, 0.25) is 0 Å². The summed E-state index contributed by atoms with van der Waals surface area (Å²) in [6, 6.07) is 18.7. The Kier molecular flexibility index (Phi) is 10.5. The van der Waals surface area contributed by atoms with E-state index in [4.69, 9.17) is 24.7 Å². The van der Waals surface area contributed by atoms with Crippen LogP contribution in [0.5, 0.6) is 0 Å². The number of carboxylic acid groups (broad SMARTS) is 2. The number of anilines is 1. The molecule has 1 heterocycles. The summed E-state index contributed by atoms with van der Waals surface area (Å²) in [6.45, 7) is 2.06. The predicted octanol–water partition coefficient (Wildman–Crippen LogP) is 7.11. The molecule has 0 aliphatic carbocycles. The Morgan fingerprint density at radius 2 is 1.41 bits per heavy atom. The second kappa shape index (κ2) is 14.3. The number of rotatable bonds is 15. The maximum Gasteiger partial charge on any atom is 0.303 e. The van der Waals surface area contributed by atoms with Crippen molar-refractivity contribution in [3.05, 3.63) is 54.6 Å². The Hall–Kier alpha value is -3.20. The van der Waals surface area contributed by atoms with E-state index in [1.165, 1.54) is 0 Å². The molecule has 8 heteroatoms. The number of hydrogen-bond donors (Lipinski definition) is 3. The van der Waals surface area contributed by atoms with Gasteiger partial charge in [-0.25, -0.2) is 9.78 Å². The molecule has 8 nitrogen and oxygen atoms in total. The topological polar surface area (TPSA) is 114 Å². The fraction of sp³-hybridized carbons (Fsp3) is 0.484. The molecule has 0 radical (unpaired) electrons. The highest BCUT2D eigenvalue weighted by Crippen LogP contribution is 2.36. The first-order valence-electron chi connectivity index (χ1n) is 14.0. The summed E-state index contributed by atoms with van der Waals surface area (Å²) in [5, 5.41) is 25.9. The van der Waals surface area contributed by atoms with Gasteiger partial charge in [0.05, 0.1) is 5.69 Å². The standard InChI is InChI=1S/C31H39NO7/c1-21(12-4-2-6-18-27(33)34)31-37-30(26(38-39-31)17-5-3-7-19-28(35)36)32-29-24-15-10-8-13-22(24)20-23-14-9-11-16-25(23)29/h8-11,13-16,20-21,26,30-32H,2-7,12,17-19H2,1H3,(H,33,34)(H,35,36). The third kappa shape index (κ3) is 8.14. The van der Waals surface area contributed by atoms with Crippen LogP contribution in [-0.2, 0) is 24.1 Å². The first-order chi connectivity index (χ1) is 18.9. The van der Waals surface area contributed by atoms with Gasteiger partial charge in [0, 0.05) is 29.5 Å². The predicted molar refractivity (Wildman–Crippen MR) is 150 cm³/mol. The molecule has 210 valence electrons. The minimum absolute atomic E-state index is 0.0555. The van der Waals surface area contributed by atoms with Crippen molar-refractivity contribution in [3.63, 3.8) is 0 Å². The van der Waals surface area contributed by atoms with Crippen molar-refractivity contribution in [1.29, 1.82) is 0 Å². The van der Waals surface area contributed by atoms with Crippen LogP contribution in [0.2, 0.25) is 0 Å². The van der Waals surface area contributed by atoms with Gasteiger partial charge in [-0.05, 0) is 42.5 Å². The van der Waals surface area contributed by atoms with Gasteiger partial charge >= 0.3 is 11.9 Å². The minimum Gasteiger partial charge on any atom is -0.481 e. The molecule has 4 rings (SSSR count). The number of unbranched alkanes of at least 4 members (excludes halogenated alkanes) is 4. The lowest BCUT2D eigenvalue weighted by atomic mass is 10.00. The molecule has 0 saturated carbocycles. The number of ether oxygens (including phenoxy) is 1. The molecule has 1 saturated heterocycles. The van der Waals surface area contributed by atoms with Gasteiger partial charge in [0.25, 0.3) is 0 Å². The van der Waals surface area contributed by atoms with Gasteiger partial charge < -0.3 is 20.3 Å². The van der Waals surface area contributed by atoms with Crippen molar-refractivity contribution in [3.8, 4) is 0 Å². The molecule has 3 N–H and O–H groups in total. The second-order valence-electron chi connectivity index (χ2n) is 10.5. The van der Waals surface area contributed by atoms with E-state index in [2.05, 4.69) is 42.6 Å². The zero-order valence-electron chi connectivity index (χ0n) is 22.5. The number of carboxylic acids is 2. The number of benzene rings is 3. The Morgan fingerprint density at radius 3 is 2.03 bits per heavy atom. The van der Waals surface area contributed by atoms with Crippen LogP contribution in [-0.4, -0.2) is 40.8 Å². The molecule has 1 aliphatic rings. The third-order valence-electron chi connectivity index (χ3n) is 7.34. The van der Waals surface area contributed by atoms with E-state index in [1.54, 1.807) is 0 Å². The van der Waals surface area contributed by atoms with Crippen LogP contribution < -0.4 is 5.32 Å². The molecule has 4 atom stereocenters. The monoisotopic (exact) mass is 537 g/mol. The number of nitrogens with one attached hydrogen (secondary N) is 1.